The van der Waals surface area contributed by atoms with Gasteiger partial charge in [-0.2, -0.15) is 0 Å². The zero-order chi connectivity index (χ0) is 13.9. The van der Waals surface area contributed by atoms with Crippen molar-refractivity contribution in [3.63, 3.8) is 0 Å². The highest BCUT2D eigenvalue weighted by Gasteiger charge is 2.39. The highest BCUT2D eigenvalue weighted by Crippen LogP contribution is 2.54. The third-order valence-electron chi connectivity index (χ3n) is 5.11. The van der Waals surface area contributed by atoms with Crippen LogP contribution in [0.4, 0.5) is 0 Å². The molecule has 1 atom stereocenters. The summed E-state index contributed by atoms with van der Waals surface area (Å²) in [4.78, 5) is 0.536. The number of aryl methyl sites for hydroxylation is 2. The summed E-state index contributed by atoms with van der Waals surface area (Å²) in [7, 11) is 0. The number of hydrogen-bond acceptors (Lipinski definition) is 0. The molecule has 19 heavy (non-hydrogen) atoms. The topological polar surface area (TPSA) is 0 Å². The van der Waals surface area contributed by atoms with E-state index in [-0.39, 0.29) is 0 Å². The maximum Gasteiger partial charge on any atom is 0.0454 e. The molecule has 0 heterocycles. The number of halogens is 1. The van der Waals surface area contributed by atoms with Crippen LogP contribution in [0.15, 0.2) is 18.2 Å². The minimum absolute atomic E-state index is 0.496. The van der Waals surface area contributed by atoms with E-state index in [2.05, 4.69) is 54.9 Å². The molecule has 1 unspecified atom stereocenters. The molecule has 1 aliphatic rings. The second-order valence-corrected chi connectivity index (χ2v) is 6.94. The summed E-state index contributed by atoms with van der Waals surface area (Å²) < 4.78 is 0. The molecular formula is C18H27Br. The van der Waals surface area contributed by atoms with Crippen molar-refractivity contribution in [2.45, 2.75) is 70.5 Å². The van der Waals surface area contributed by atoms with Crippen molar-refractivity contribution in [1.82, 2.24) is 0 Å². The van der Waals surface area contributed by atoms with E-state index in [9.17, 15) is 0 Å². The van der Waals surface area contributed by atoms with Gasteiger partial charge in [0.05, 0.1) is 0 Å². The summed E-state index contributed by atoms with van der Waals surface area (Å²) >= 11 is 4.09. The number of benzene rings is 1. The molecular weight excluding hydrogens is 296 g/mol. The predicted molar refractivity (Wildman–Crippen MR) is 88.1 cm³/mol. The van der Waals surface area contributed by atoms with Crippen molar-refractivity contribution in [1.29, 1.82) is 0 Å². The molecule has 1 aromatic carbocycles. The first-order valence-corrected chi connectivity index (χ1v) is 8.84. The van der Waals surface area contributed by atoms with Crippen LogP contribution in [0.5, 0.6) is 0 Å². The zero-order valence-corrected chi connectivity index (χ0v) is 14.2. The van der Waals surface area contributed by atoms with Gasteiger partial charge >= 0.3 is 0 Å². The number of hydrogen-bond donors (Lipinski definition) is 0. The highest BCUT2D eigenvalue weighted by molar-refractivity contribution is 9.09. The molecule has 106 valence electrons. The monoisotopic (exact) mass is 322 g/mol. The molecule has 0 spiro atoms. The second kappa shape index (κ2) is 6.43. The second-order valence-electron chi connectivity index (χ2n) is 6.03. The normalized spacial score (nSPS) is 19.6. The molecule has 0 N–H and O–H groups in total. The summed E-state index contributed by atoms with van der Waals surface area (Å²) in [6.45, 7) is 6.89. The molecule has 1 saturated carbocycles. The van der Waals surface area contributed by atoms with Crippen LogP contribution in [0.25, 0.3) is 0 Å². The van der Waals surface area contributed by atoms with Gasteiger partial charge in [0.25, 0.3) is 0 Å². The van der Waals surface area contributed by atoms with Gasteiger partial charge in [0.1, 0.15) is 0 Å². The van der Waals surface area contributed by atoms with E-state index in [0.717, 1.165) is 12.8 Å². The van der Waals surface area contributed by atoms with E-state index in [1.807, 2.05) is 0 Å². The lowest BCUT2D eigenvalue weighted by atomic mass is 9.76. The summed E-state index contributed by atoms with van der Waals surface area (Å²) in [6, 6.07) is 7.10. The van der Waals surface area contributed by atoms with Crippen molar-refractivity contribution < 1.29 is 0 Å². The van der Waals surface area contributed by atoms with Gasteiger partial charge in [0.15, 0.2) is 0 Å². The van der Waals surface area contributed by atoms with E-state index < -0.39 is 0 Å². The minimum Gasteiger partial charge on any atom is -0.0833 e. The summed E-state index contributed by atoms with van der Waals surface area (Å²) in [5.41, 5.74) is 5.06. The SMILES string of the molecule is CCc1ccc(CC)c(C(Br)C2(CC)CCCC2)c1. The van der Waals surface area contributed by atoms with Gasteiger partial charge < -0.3 is 0 Å². The average molecular weight is 323 g/mol. The lowest BCUT2D eigenvalue weighted by Gasteiger charge is -2.35. The van der Waals surface area contributed by atoms with E-state index in [1.165, 1.54) is 43.2 Å². The van der Waals surface area contributed by atoms with E-state index in [4.69, 9.17) is 0 Å². The molecule has 0 saturated heterocycles. The Morgan fingerprint density at radius 1 is 1.11 bits per heavy atom. The van der Waals surface area contributed by atoms with Crippen LogP contribution in [0.2, 0.25) is 0 Å². The predicted octanol–water partition coefficient (Wildman–Crippen LogP) is 6.22. The van der Waals surface area contributed by atoms with Gasteiger partial charge in [-0.25, -0.2) is 0 Å². The smallest absolute Gasteiger partial charge is 0.0454 e. The lowest BCUT2D eigenvalue weighted by Crippen LogP contribution is -2.22. The number of rotatable bonds is 5. The molecule has 0 aliphatic heterocycles. The van der Waals surface area contributed by atoms with Gasteiger partial charge in [-0.1, -0.05) is 67.7 Å². The van der Waals surface area contributed by atoms with Crippen molar-refractivity contribution in [2.24, 2.45) is 5.41 Å². The molecule has 2 rings (SSSR count). The third kappa shape index (κ3) is 2.91. The molecule has 0 nitrogen and oxygen atoms in total. The minimum atomic E-state index is 0.496. The van der Waals surface area contributed by atoms with Crippen molar-refractivity contribution in [3.8, 4) is 0 Å². The fourth-order valence-electron chi connectivity index (χ4n) is 3.62. The Hall–Kier alpha value is -0.300. The Bertz CT molecular complexity index is 416. The van der Waals surface area contributed by atoms with E-state index in [1.54, 1.807) is 5.56 Å². The van der Waals surface area contributed by atoms with Gasteiger partial charge in [0, 0.05) is 4.83 Å². The maximum absolute atomic E-state index is 4.09. The van der Waals surface area contributed by atoms with Gasteiger partial charge in [0.2, 0.25) is 0 Å². The molecule has 0 radical (unpaired) electrons. The van der Waals surface area contributed by atoms with Gasteiger partial charge in [-0.15, -0.1) is 0 Å². The highest BCUT2D eigenvalue weighted by atomic mass is 79.9. The first-order valence-electron chi connectivity index (χ1n) is 7.92. The van der Waals surface area contributed by atoms with Gasteiger partial charge in [-0.3, -0.25) is 0 Å². The molecule has 0 amide bonds. The lowest BCUT2D eigenvalue weighted by molar-refractivity contribution is 0.278. The quantitative estimate of drug-likeness (QED) is 0.564. The Balaban J connectivity index is 2.38. The van der Waals surface area contributed by atoms with Crippen molar-refractivity contribution in [3.05, 3.63) is 34.9 Å². The van der Waals surface area contributed by atoms with Crippen molar-refractivity contribution in [2.75, 3.05) is 0 Å². The van der Waals surface area contributed by atoms with E-state index >= 15 is 0 Å². The van der Waals surface area contributed by atoms with Crippen LogP contribution in [-0.4, -0.2) is 0 Å². The molecule has 1 aromatic rings. The maximum atomic E-state index is 4.09. The van der Waals surface area contributed by atoms with Crippen molar-refractivity contribution >= 4 is 15.9 Å². The molecule has 0 aromatic heterocycles. The Morgan fingerprint density at radius 2 is 1.79 bits per heavy atom. The Labute approximate surface area is 127 Å². The van der Waals surface area contributed by atoms with Crippen LogP contribution in [0.1, 0.15) is 74.4 Å². The van der Waals surface area contributed by atoms with Gasteiger partial charge in [-0.05, 0) is 54.2 Å². The third-order valence-corrected chi connectivity index (χ3v) is 6.58. The summed E-state index contributed by atoms with van der Waals surface area (Å²) in [6.07, 6.45) is 9.16. The molecule has 1 heteroatoms. The Kier molecular flexibility index (Phi) is 5.11. The fourth-order valence-corrected chi connectivity index (χ4v) is 4.83. The largest absolute Gasteiger partial charge is 0.0833 e. The zero-order valence-electron chi connectivity index (χ0n) is 12.6. The van der Waals surface area contributed by atoms with Crippen LogP contribution >= 0.6 is 15.9 Å². The fraction of sp³-hybridized carbons (Fsp3) is 0.667. The van der Waals surface area contributed by atoms with Crippen LogP contribution in [0, 0.1) is 5.41 Å². The summed E-state index contributed by atoms with van der Waals surface area (Å²) in [5.74, 6) is 0. The van der Waals surface area contributed by atoms with Crippen LogP contribution in [-0.2, 0) is 12.8 Å². The average Bonchev–Trinajstić information content (AvgIpc) is 2.95. The Morgan fingerprint density at radius 3 is 2.32 bits per heavy atom. The number of alkyl halides is 1. The summed E-state index contributed by atoms with van der Waals surface area (Å²) in [5, 5.41) is 0. The molecule has 1 aliphatic carbocycles. The first-order chi connectivity index (χ1) is 9.16. The van der Waals surface area contributed by atoms with Crippen LogP contribution in [0.3, 0.4) is 0 Å². The first kappa shape index (κ1) is 15.1. The van der Waals surface area contributed by atoms with E-state index in [0.29, 0.717) is 10.2 Å². The standard InChI is InChI=1S/C18H27Br/c1-4-14-9-10-15(5-2)16(13-14)17(19)18(6-3)11-7-8-12-18/h9-10,13,17H,4-8,11-12H2,1-3H3. The molecule has 0 bridgehead atoms. The van der Waals surface area contributed by atoms with Crippen LogP contribution < -0.4 is 0 Å². The molecule has 1 fully saturated rings.